The van der Waals surface area contributed by atoms with Gasteiger partial charge in [-0.1, -0.05) is 30.3 Å². The summed E-state index contributed by atoms with van der Waals surface area (Å²) in [6.07, 6.45) is 0.798. The molecule has 1 unspecified atom stereocenters. The number of ether oxygens (including phenoxy) is 1. The Morgan fingerprint density at radius 2 is 1.90 bits per heavy atom. The van der Waals surface area contributed by atoms with Crippen molar-refractivity contribution in [1.82, 2.24) is 4.31 Å². The van der Waals surface area contributed by atoms with Crippen LogP contribution in [-0.4, -0.2) is 23.6 Å². The second kappa shape index (κ2) is 5.61. The quantitative estimate of drug-likeness (QED) is 0.645. The lowest BCUT2D eigenvalue weighted by molar-refractivity contribution is -0.110. The zero-order chi connectivity index (χ0) is 14.8. The fourth-order valence-electron chi connectivity index (χ4n) is 2.33. The third-order valence-corrected chi connectivity index (χ3v) is 4.51. The highest BCUT2D eigenvalue weighted by molar-refractivity contribution is 7.98. The summed E-state index contributed by atoms with van der Waals surface area (Å²) < 4.78 is 6.72. The predicted octanol–water partition coefficient (Wildman–Crippen LogP) is 3.10. The zero-order valence-electron chi connectivity index (χ0n) is 11.4. The molecule has 4 nitrogen and oxygen atoms in total. The second-order valence-electron chi connectivity index (χ2n) is 4.54. The number of nitrogens with zero attached hydrogens (tertiary/aromatic N) is 1. The molecule has 5 heteroatoms. The van der Waals surface area contributed by atoms with Gasteiger partial charge in [-0.3, -0.25) is 9.10 Å². The molecular weight excluding hydrogens is 286 g/mol. The molecule has 2 aromatic carbocycles. The fourth-order valence-corrected chi connectivity index (χ4v) is 3.44. The van der Waals surface area contributed by atoms with Gasteiger partial charge in [0, 0.05) is 4.90 Å². The fraction of sp³-hybridized carbons (Fsp3) is 0.125. The molecule has 2 aromatic rings. The van der Waals surface area contributed by atoms with Crippen molar-refractivity contribution in [3.63, 3.8) is 0 Å². The van der Waals surface area contributed by atoms with E-state index in [1.807, 2.05) is 24.3 Å². The Morgan fingerprint density at radius 1 is 1.19 bits per heavy atom. The Balaban J connectivity index is 1.98. The highest BCUT2D eigenvalue weighted by Crippen LogP contribution is 2.44. The van der Waals surface area contributed by atoms with E-state index in [2.05, 4.69) is 0 Å². The van der Waals surface area contributed by atoms with Gasteiger partial charge in [-0.05, 0) is 35.7 Å². The molecule has 1 atom stereocenters. The van der Waals surface area contributed by atoms with Crippen molar-refractivity contribution < 1.29 is 14.3 Å². The van der Waals surface area contributed by atoms with Crippen molar-refractivity contribution in [3.8, 4) is 5.75 Å². The second-order valence-corrected chi connectivity index (χ2v) is 5.56. The molecule has 1 aliphatic heterocycles. The van der Waals surface area contributed by atoms with Gasteiger partial charge < -0.3 is 9.53 Å². The highest BCUT2D eigenvalue weighted by atomic mass is 32.2. The van der Waals surface area contributed by atoms with E-state index < -0.39 is 6.04 Å². The zero-order valence-corrected chi connectivity index (χ0v) is 12.2. The molecule has 0 aliphatic carbocycles. The molecule has 0 spiro atoms. The van der Waals surface area contributed by atoms with Gasteiger partial charge in [0.25, 0.3) is 5.91 Å². The lowest BCUT2D eigenvalue weighted by Gasteiger charge is -2.20. The molecule has 0 fully saturated rings. The molecule has 1 aliphatic rings. The molecule has 0 saturated carbocycles. The van der Waals surface area contributed by atoms with Crippen LogP contribution in [0.4, 0.5) is 0 Å². The third kappa shape index (κ3) is 2.29. The monoisotopic (exact) mass is 299 g/mol. The number of rotatable bonds is 3. The van der Waals surface area contributed by atoms with Crippen LogP contribution in [0.5, 0.6) is 5.75 Å². The molecule has 0 N–H and O–H groups in total. The van der Waals surface area contributed by atoms with Crippen LogP contribution in [0.15, 0.2) is 53.4 Å². The maximum atomic E-state index is 12.7. The van der Waals surface area contributed by atoms with Crippen LogP contribution in [0.1, 0.15) is 22.0 Å². The number of hydrogen-bond acceptors (Lipinski definition) is 4. The number of fused-ring (bicyclic) bond motifs is 1. The maximum absolute atomic E-state index is 12.7. The van der Waals surface area contributed by atoms with Gasteiger partial charge in [-0.2, -0.15) is 0 Å². The molecule has 0 bridgehead atoms. The Labute approximate surface area is 126 Å². The largest absolute Gasteiger partial charge is 0.496 e. The number of amides is 1. The van der Waals surface area contributed by atoms with Crippen molar-refractivity contribution in [2.75, 3.05) is 7.11 Å². The van der Waals surface area contributed by atoms with Gasteiger partial charge in [-0.25, -0.2) is 0 Å². The molecule has 0 radical (unpaired) electrons. The first kappa shape index (κ1) is 13.7. The average molecular weight is 299 g/mol. The first-order chi connectivity index (χ1) is 10.3. The molecule has 1 amide bonds. The lowest BCUT2D eigenvalue weighted by atomic mass is 10.1. The summed E-state index contributed by atoms with van der Waals surface area (Å²) in [6.45, 7) is 0. The number of carbonyl (C=O) groups is 2. The number of methoxy groups -OCH3 is 1. The standard InChI is InChI=1S/C16H13NO3S/c1-20-14-8-4-2-7-12(14)16(19)17-13(10-18)11-6-3-5-9-15(11)21-17/h2-10,13H,1H3. The average Bonchev–Trinajstić information content (AvgIpc) is 2.92. The van der Waals surface area contributed by atoms with Gasteiger partial charge in [0.1, 0.15) is 18.1 Å². The molecule has 0 saturated heterocycles. The number of aldehydes is 1. The van der Waals surface area contributed by atoms with Crippen LogP contribution in [0, 0.1) is 0 Å². The van der Waals surface area contributed by atoms with Crippen LogP contribution < -0.4 is 4.74 Å². The first-order valence-electron chi connectivity index (χ1n) is 6.45. The van der Waals surface area contributed by atoms with Crippen molar-refractivity contribution >= 4 is 24.1 Å². The van der Waals surface area contributed by atoms with Crippen LogP contribution in [0.25, 0.3) is 0 Å². The highest BCUT2D eigenvalue weighted by Gasteiger charge is 2.35. The van der Waals surface area contributed by atoms with E-state index in [1.165, 1.54) is 23.4 Å². The van der Waals surface area contributed by atoms with Crippen molar-refractivity contribution in [2.24, 2.45) is 0 Å². The van der Waals surface area contributed by atoms with Gasteiger partial charge in [0.05, 0.1) is 12.7 Å². The van der Waals surface area contributed by atoms with E-state index in [4.69, 9.17) is 4.74 Å². The van der Waals surface area contributed by atoms with Gasteiger partial charge in [0.15, 0.2) is 0 Å². The van der Waals surface area contributed by atoms with Crippen molar-refractivity contribution in [1.29, 1.82) is 0 Å². The summed E-state index contributed by atoms with van der Waals surface area (Å²) in [5, 5.41) is 0. The van der Waals surface area contributed by atoms with E-state index in [0.717, 1.165) is 16.7 Å². The molecule has 3 rings (SSSR count). The maximum Gasteiger partial charge on any atom is 0.268 e. The summed E-state index contributed by atoms with van der Waals surface area (Å²) in [5.41, 5.74) is 1.31. The molecule has 1 heterocycles. The smallest absolute Gasteiger partial charge is 0.268 e. The summed E-state index contributed by atoms with van der Waals surface area (Å²) in [6, 6.07) is 14.0. The SMILES string of the molecule is COc1ccccc1C(=O)N1Sc2ccccc2C1C=O. The Hall–Kier alpha value is -2.27. The topological polar surface area (TPSA) is 46.6 Å². The Bertz CT molecular complexity index is 701. The predicted molar refractivity (Wildman–Crippen MR) is 80.3 cm³/mol. The van der Waals surface area contributed by atoms with E-state index in [1.54, 1.807) is 24.3 Å². The van der Waals surface area contributed by atoms with Gasteiger partial charge in [0.2, 0.25) is 0 Å². The molecule has 21 heavy (non-hydrogen) atoms. The normalized spacial score (nSPS) is 16.4. The summed E-state index contributed by atoms with van der Waals surface area (Å²) in [4.78, 5) is 25.1. The molecule has 0 aromatic heterocycles. The minimum atomic E-state index is -0.566. The number of benzene rings is 2. The summed E-state index contributed by atoms with van der Waals surface area (Å²) >= 11 is 1.29. The van der Waals surface area contributed by atoms with Gasteiger partial charge >= 0.3 is 0 Å². The van der Waals surface area contributed by atoms with E-state index in [9.17, 15) is 9.59 Å². The van der Waals surface area contributed by atoms with Crippen LogP contribution in [-0.2, 0) is 4.79 Å². The van der Waals surface area contributed by atoms with Crippen molar-refractivity contribution in [3.05, 3.63) is 59.7 Å². The summed E-state index contributed by atoms with van der Waals surface area (Å²) in [7, 11) is 1.52. The lowest BCUT2D eigenvalue weighted by Crippen LogP contribution is -2.26. The van der Waals surface area contributed by atoms with E-state index >= 15 is 0 Å². The number of hydrogen-bond donors (Lipinski definition) is 0. The van der Waals surface area contributed by atoms with Crippen LogP contribution in [0.3, 0.4) is 0 Å². The van der Waals surface area contributed by atoms with Gasteiger partial charge in [-0.15, -0.1) is 0 Å². The minimum Gasteiger partial charge on any atom is -0.496 e. The summed E-state index contributed by atoms with van der Waals surface area (Å²) in [5.74, 6) is 0.273. The Kier molecular flexibility index (Phi) is 3.66. The van der Waals surface area contributed by atoms with E-state index in [-0.39, 0.29) is 5.91 Å². The van der Waals surface area contributed by atoms with Crippen molar-refractivity contribution in [2.45, 2.75) is 10.9 Å². The minimum absolute atomic E-state index is 0.231. The number of carbonyl (C=O) groups excluding carboxylic acids is 2. The molecule has 106 valence electrons. The van der Waals surface area contributed by atoms with E-state index in [0.29, 0.717) is 11.3 Å². The molecular formula is C16H13NO3S. The van der Waals surface area contributed by atoms with Crippen LogP contribution in [0.2, 0.25) is 0 Å². The Morgan fingerprint density at radius 3 is 2.67 bits per heavy atom. The third-order valence-electron chi connectivity index (χ3n) is 3.35. The first-order valence-corrected chi connectivity index (χ1v) is 7.22. The number of para-hydroxylation sites is 1. The van der Waals surface area contributed by atoms with Crippen LogP contribution >= 0.6 is 11.9 Å².